The molecule has 0 heterocycles. The molecule has 1 aromatic carbocycles. The molecule has 0 saturated heterocycles. The maximum Gasteiger partial charge on any atom is 0.419 e. The van der Waals surface area contributed by atoms with Crippen LogP contribution in [0.25, 0.3) is 0 Å². The topological polar surface area (TPSA) is 20.2 Å². The largest absolute Gasteiger partial charge is 0.419 e. The number of hydrogen-bond donors (Lipinski definition) is 1. The standard InChI is InChI=1S/C17H22F4O/c1-10-5-4-8-16(2,3)14(10)15(22)11-6-7-12(13(18)9-11)17(19,20)21/h6-7,9-10,14-15,22H,4-5,8H2,1-3H3/t10?,14-,15-/m1/s1. The van der Waals surface area contributed by atoms with Crippen molar-refractivity contribution in [3.8, 4) is 0 Å². The molecule has 1 unspecified atom stereocenters. The number of rotatable bonds is 2. The molecular formula is C17H22F4O. The SMILES string of the molecule is CC1CCCC(C)(C)[C@H]1[C@H](O)c1ccc(C(F)(F)F)c(F)c1. The molecule has 0 aromatic heterocycles. The molecule has 1 saturated carbocycles. The third-order valence-electron chi connectivity index (χ3n) is 4.98. The van der Waals surface area contributed by atoms with Crippen LogP contribution >= 0.6 is 0 Å². The zero-order valence-electron chi connectivity index (χ0n) is 13.0. The first kappa shape index (κ1) is 17.3. The zero-order valence-corrected chi connectivity index (χ0v) is 13.0. The Morgan fingerprint density at radius 1 is 1.27 bits per heavy atom. The molecule has 1 aromatic rings. The predicted molar refractivity (Wildman–Crippen MR) is 76.6 cm³/mol. The summed E-state index contributed by atoms with van der Waals surface area (Å²) in [6.45, 7) is 6.14. The third-order valence-corrected chi connectivity index (χ3v) is 4.98. The van der Waals surface area contributed by atoms with Gasteiger partial charge in [-0.05, 0) is 41.4 Å². The molecule has 124 valence electrons. The second kappa shape index (κ2) is 5.84. The van der Waals surface area contributed by atoms with Gasteiger partial charge < -0.3 is 5.11 Å². The monoisotopic (exact) mass is 318 g/mol. The summed E-state index contributed by atoms with van der Waals surface area (Å²) in [5.74, 6) is -1.19. The van der Waals surface area contributed by atoms with Gasteiger partial charge in [-0.25, -0.2) is 4.39 Å². The lowest BCUT2D eigenvalue weighted by molar-refractivity contribution is -0.140. The van der Waals surface area contributed by atoms with Gasteiger partial charge in [0.2, 0.25) is 0 Å². The van der Waals surface area contributed by atoms with Crippen LogP contribution in [0.1, 0.15) is 57.3 Å². The van der Waals surface area contributed by atoms with E-state index in [1.165, 1.54) is 6.07 Å². The predicted octanol–water partition coefficient (Wildman–Crippen LogP) is 5.34. The summed E-state index contributed by atoms with van der Waals surface area (Å²) in [6, 6.07) is 2.73. The third kappa shape index (κ3) is 3.29. The van der Waals surface area contributed by atoms with Crippen LogP contribution in [0.5, 0.6) is 0 Å². The van der Waals surface area contributed by atoms with Crippen molar-refractivity contribution >= 4 is 0 Å². The molecule has 1 fully saturated rings. The van der Waals surface area contributed by atoms with Crippen LogP contribution in [0.3, 0.4) is 0 Å². The van der Waals surface area contributed by atoms with E-state index in [1.54, 1.807) is 0 Å². The molecule has 1 aliphatic carbocycles. The number of benzene rings is 1. The minimum atomic E-state index is -4.72. The minimum Gasteiger partial charge on any atom is -0.388 e. The first-order valence-electron chi connectivity index (χ1n) is 7.59. The van der Waals surface area contributed by atoms with Crippen molar-refractivity contribution in [1.82, 2.24) is 0 Å². The van der Waals surface area contributed by atoms with Crippen molar-refractivity contribution in [2.24, 2.45) is 17.3 Å². The van der Waals surface area contributed by atoms with Crippen LogP contribution in [0.2, 0.25) is 0 Å². The van der Waals surface area contributed by atoms with Crippen LogP contribution in [-0.4, -0.2) is 5.11 Å². The van der Waals surface area contributed by atoms with Gasteiger partial charge in [-0.1, -0.05) is 39.7 Å². The summed E-state index contributed by atoms with van der Waals surface area (Å²) >= 11 is 0. The Morgan fingerprint density at radius 2 is 1.91 bits per heavy atom. The van der Waals surface area contributed by atoms with Crippen LogP contribution in [0.4, 0.5) is 17.6 Å². The quantitative estimate of drug-likeness (QED) is 0.730. The average Bonchev–Trinajstić information content (AvgIpc) is 2.35. The number of alkyl halides is 3. The second-order valence-electron chi connectivity index (χ2n) is 7.07. The van der Waals surface area contributed by atoms with Crippen LogP contribution in [0.15, 0.2) is 18.2 Å². The lowest BCUT2D eigenvalue weighted by atomic mass is 9.61. The molecule has 1 aliphatic rings. The fraction of sp³-hybridized carbons (Fsp3) is 0.647. The highest BCUT2D eigenvalue weighted by molar-refractivity contribution is 5.28. The fourth-order valence-electron chi connectivity index (χ4n) is 3.89. The number of aliphatic hydroxyl groups is 1. The van der Waals surface area contributed by atoms with E-state index >= 15 is 0 Å². The first-order chi connectivity index (χ1) is 10.0. The molecule has 22 heavy (non-hydrogen) atoms. The van der Waals surface area contributed by atoms with E-state index in [1.807, 2.05) is 6.92 Å². The molecule has 5 heteroatoms. The lowest BCUT2D eigenvalue weighted by Crippen LogP contribution is -2.38. The van der Waals surface area contributed by atoms with Crippen LogP contribution in [-0.2, 0) is 6.18 Å². The van der Waals surface area contributed by atoms with Gasteiger partial charge in [-0.3, -0.25) is 0 Å². The van der Waals surface area contributed by atoms with Crippen molar-refractivity contribution in [3.05, 3.63) is 35.1 Å². The molecule has 0 bridgehead atoms. The van der Waals surface area contributed by atoms with Gasteiger partial charge >= 0.3 is 6.18 Å². The van der Waals surface area contributed by atoms with Gasteiger partial charge in [0, 0.05) is 0 Å². The number of hydrogen-bond acceptors (Lipinski definition) is 1. The van der Waals surface area contributed by atoms with Crippen molar-refractivity contribution in [3.63, 3.8) is 0 Å². The molecule has 0 aliphatic heterocycles. The highest BCUT2D eigenvalue weighted by Gasteiger charge is 2.42. The Kier molecular flexibility index (Phi) is 4.58. The minimum absolute atomic E-state index is 0.0996. The maximum absolute atomic E-state index is 13.7. The summed E-state index contributed by atoms with van der Waals surface area (Å²) in [6.07, 6.45) is -2.69. The van der Waals surface area contributed by atoms with E-state index in [9.17, 15) is 22.7 Å². The van der Waals surface area contributed by atoms with Crippen molar-refractivity contribution in [2.45, 2.75) is 52.3 Å². The summed E-state index contributed by atoms with van der Waals surface area (Å²) < 4.78 is 51.6. The highest BCUT2D eigenvalue weighted by atomic mass is 19.4. The van der Waals surface area contributed by atoms with E-state index in [0.717, 1.165) is 25.3 Å². The summed E-state index contributed by atoms with van der Waals surface area (Å²) in [5.41, 5.74) is -1.20. The molecular weight excluding hydrogens is 296 g/mol. The van der Waals surface area contributed by atoms with Gasteiger partial charge in [0.1, 0.15) is 5.82 Å². The lowest BCUT2D eigenvalue weighted by Gasteiger charge is -2.45. The molecule has 1 N–H and O–H groups in total. The van der Waals surface area contributed by atoms with Gasteiger partial charge in [-0.2, -0.15) is 13.2 Å². The van der Waals surface area contributed by atoms with Crippen molar-refractivity contribution < 1.29 is 22.7 Å². The Bertz CT molecular complexity index is 536. The number of aliphatic hydroxyl groups excluding tert-OH is 1. The van der Waals surface area contributed by atoms with Crippen LogP contribution in [0, 0.1) is 23.1 Å². The average molecular weight is 318 g/mol. The summed E-state index contributed by atoms with van der Waals surface area (Å²) in [7, 11) is 0. The number of halogens is 4. The molecule has 0 spiro atoms. The van der Waals surface area contributed by atoms with E-state index in [2.05, 4.69) is 13.8 Å². The van der Waals surface area contributed by atoms with Gasteiger partial charge in [-0.15, -0.1) is 0 Å². The van der Waals surface area contributed by atoms with Gasteiger partial charge in [0.15, 0.2) is 0 Å². The smallest absolute Gasteiger partial charge is 0.388 e. The van der Waals surface area contributed by atoms with E-state index in [0.29, 0.717) is 6.07 Å². The van der Waals surface area contributed by atoms with E-state index in [-0.39, 0.29) is 22.8 Å². The van der Waals surface area contributed by atoms with Crippen molar-refractivity contribution in [1.29, 1.82) is 0 Å². The summed E-state index contributed by atoms with van der Waals surface area (Å²) in [4.78, 5) is 0. The summed E-state index contributed by atoms with van der Waals surface area (Å²) in [5, 5.41) is 10.6. The first-order valence-corrected chi connectivity index (χ1v) is 7.59. The molecule has 2 rings (SSSR count). The van der Waals surface area contributed by atoms with Gasteiger partial charge in [0.05, 0.1) is 11.7 Å². The molecule has 0 amide bonds. The van der Waals surface area contributed by atoms with Gasteiger partial charge in [0.25, 0.3) is 0 Å². The fourth-order valence-corrected chi connectivity index (χ4v) is 3.89. The Labute approximate surface area is 128 Å². The zero-order chi connectivity index (χ0) is 16.7. The Balaban J connectivity index is 2.33. The van der Waals surface area contributed by atoms with Crippen LogP contribution < -0.4 is 0 Å². The van der Waals surface area contributed by atoms with E-state index < -0.39 is 23.7 Å². The second-order valence-corrected chi connectivity index (χ2v) is 7.07. The Morgan fingerprint density at radius 3 is 2.41 bits per heavy atom. The maximum atomic E-state index is 13.7. The highest BCUT2D eigenvalue weighted by Crippen LogP contribution is 2.49. The molecule has 1 nitrogen and oxygen atoms in total. The Hall–Kier alpha value is -1.10. The van der Waals surface area contributed by atoms with E-state index in [4.69, 9.17) is 0 Å². The molecule has 3 atom stereocenters. The molecule has 0 radical (unpaired) electrons. The van der Waals surface area contributed by atoms with Crippen molar-refractivity contribution in [2.75, 3.05) is 0 Å². The normalized spacial score (nSPS) is 26.7.